The zero-order valence-corrected chi connectivity index (χ0v) is 8.66. The van der Waals surface area contributed by atoms with Crippen LogP contribution < -0.4 is 11.1 Å². The Balaban J connectivity index is 0.000000791. The molecule has 4 N–H and O–H groups in total. The van der Waals surface area contributed by atoms with E-state index in [0.717, 1.165) is 0 Å². The third-order valence-corrected chi connectivity index (χ3v) is 1.35. The highest BCUT2D eigenvalue weighted by Gasteiger charge is 1.99. The van der Waals surface area contributed by atoms with Crippen LogP contribution in [0.15, 0.2) is 18.2 Å². The van der Waals surface area contributed by atoms with Crippen LogP contribution in [0.5, 0.6) is 5.75 Å². The summed E-state index contributed by atoms with van der Waals surface area (Å²) in [5.41, 5.74) is 6.19. The van der Waals surface area contributed by atoms with Gasteiger partial charge in [0.25, 0.3) is 0 Å². The van der Waals surface area contributed by atoms with Gasteiger partial charge in [-0.2, -0.15) is 0 Å². The number of anilines is 2. The molecule has 1 rings (SSSR count). The number of nitrogen functional groups attached to an aromatic ring is 1. The van der Waals surface area contributed by atoms with Crippen LogP contribution in [0, 0.1) is 0 Å². The Bertz CT molecular complexity index is 311. The molecule has 0 aliphatic rings. The van der Waals surface area contributed by atoms with Gasteiger partial charge in [0.1, 0.15) is 5.75 Å². The number of hydrogen-bond donors (Lipinski definition) is 3. The summed E-state index contributed by atoms with van der Waals surface area (Å²) in [6.45, 7) is 5.40. The predicted molar refractivity (Wildman–Crippen MR) is 58.2 cm³/mol. The van der Waals surface area contributed by atoms with Crippen molar-refractivity contribution in [3.05, 3.63) is 18.2 Å². The summed E-state index contributed by atoms with van der Waals surface area (Å²) in [4.78, 5) is 10.6. The molecule has 14 heavy (non-hydrogen) atoms. The van der Waals surface area contributed by atoms with Gasteiger partial charge in [0.15, 0.2) is 0 Å². The Hall–Kier alpha value is -1.71. The topological polar surface area (TPSA) is 75.4 Å². The smallest absolute Gasteiger partial charge is 0.221 e. The molecule has 0 aliphatic carbocycles. The monoisotopic (exact) mass is 196 g/mol. The minimum Gasteiger partial charge on any atom is -0.506 e. The summed E-state index contributed by atoms with van der Waals surface area (Å²) >= 11 is 0. The molecule has 0 bridgehead atoms. The summed E-state index contributed by atoms with van der Waals surface area (Å²) in [6, 6.07) is 4.55. The van der Waals surface area contributed by atoms with E-state index in [9.17, 15) is 4.79 Å². The largest absolute Gasteiger partial charge is 0.506 e. The number of benzene rings is 1. The fourth-order valence-electron chi connectivity index (χ4n) is 0.825. The molecule has 0 saturated carbocycles. The molecule has 0 aromatic heterocycles. The molecule has 0 heterocycles. The molecule has 1 amide bonds. The van der Waals surface area contributed by atoms with Gasteiger partial charge in [0.05, 0.1) is 5.69 Å². The lowest BCUT2D eigenvalue weighted by atomic mass is 10.2. The lowest BCUT2D eigenvalue weighted by Gasteiger charge is -2.03. The molecule has 0 aliphatic heterocycles. The molecule has 0 radical (unpaired) electrons. The lowest BCUT2D eigenvalue weighted by Crippen LogP contribution is -2.05. The van der Waals surface area contributed by atoms with Gasteiger partial charge in [-0.15, -0.1) is 0 Å². The number of amides is 1. The van der Waals surface area contributed by atoms with Gasteiger partial charge in [0.2, 0.25) is 5.91 Å². The molecule has 0 fully saturated rings. The molecule has 0 unspecified atom stereocenters. The number of rotatable bonds is 1. The lowest BCUT2D eigenvalue weighted by molar-refractivity contribution is -0.114. The third-order valence-electron chi connectivity index (χ3n) is 1.35. The number of phenolic OH excluding ortho intramolecular Hbond substituents is 1. The van der Waals surface area contributed by atoms with Gasteiger partial charge in [-0.05, 0) is 12.1 Å². The first kappa shape index (κ1) is 12.3. The van der Waals surface area contributed by atoms with Crippen LogP contribution >= 0.6 is 0 Å². The fourth-order valence-corrected chi connectivity index (χ4v) is 0.825. The molecule has 1 aromatic rings. The predicted octanol–water partition coefficient (Wildman–Crippen LogP) is 1.96. The first-order valence-electron chi connectivity index (χ1n) is 4.45. The first-order chi connectivity index (χ1) is 6.59. The standard InChI is InChI=1S/C8H10N2O2.C2H6/c1-5(11)10-6-2-3-7(9)8(12)4-6;1-2/h2-4,12H,9H2,1H3,(H,10,11);1-2H3. The number of aromatic hydroxyl groups is 1. The summed E-state index contributed by atoms with van der Waals surface area (Å²) in [5.74, 6) is -0.208. The van der Waals surface area contributed by atoms with Gasteiger partial charge < -0.3 is 16.2 Å². The summed E-state index contributed by atoms with van der Waals surface area (Å²) in [5, 5.41) is 11.7. The van der Waals surface area contributed by atoms with E-state index >= 15 is 0 Å². The van der Waals surface area contributed by atoms with E-state index in [1.807, 2.05) is 13.8 Å². The van der Waals surface area contributed by atoms with Crippen LogP contribution in [-0.4, -0.2) is 11.0 Å². The Morgan fingerprint density at radius 1 is 1.43 bits per heavy atom. The van der Waals surface area contributed by atoms with E-state index in [1.54, 1.807) is 6.07 Å². The van der Waals surface area contributed by atoms with Crippen molar-refractivity contribution >= 4 is 17.3 Å². The highest BCUT2D eigenvalue weighted by Crippen LogP contribution is 2.23. The van der Waals surface area contributed by atoms with E-state index in [2.05, 4.69) is 5.32 Å². The molecule has 78 valence electrons. The molecular weight excluding hydrogens is 180 g/mol. The minimum absolute atomic E-state index is 0.0266. The van der Waals surface area contributed by atoms with Crippen molar-refractivity contribution in [2.45, 2.75) is 20.8 Å². The number of phenols is 1. The second kappa shape index (κ2) is 5.85. The van der Waals surface area contributed by atoms with Crippen LogP contribution in [0.3, 0.4) is 0 Å². The van der Waals surface area contributed by atoms with Crippen molar-refractivity contribution in [3.8, 4) is 5.75 Å². The second-order valence-electron chi connectivity index (χ2n) is 2.45. The Kier molecular flexibility index (Phi) is 5.14. The van der Waals surface area contributed by atoms with Crippen molar-refractivity contribution in [1.29, 1.82) is 0 Å². The van der Waals surface area contributed by atoms with E-state index < -0.39 is 0 Å². The van der Waals surface area contributed by atoms with Crippen molar-refractivity contribution in [1.82, 2.24) is 0 Å². The molecule has 0 atom stereocenters. The van der Waals surface area contributed by atoms with Crippen LogP contribution in [0.25, 0.3) is 0 Å². The van der Waals surface area contributed by atoms with Crippen molar-refractivity contribution in [3.63, 3.8) is 0 Å². The van der Waals surface area contributed by atoms with Gasteiger partial charge in [-0.1, -0.05) is 13.8 Å². The number of nitrogens with one attached hydrogen (secondary N) is 1. The van der Waals surface area contributed by atoms with Crippen LogP contribution in [-0.2, 0) is 4.79 Å². The number of carbonyl (C=O) groups is 1. The Labute approximate surface area is 83.7 Å². The maximum absolute atomic E-state index is 10.6. The van der Waals surface area contributed by atoms with Crippen molar-refractivity contribution in [2.75, 3.05) is 11.1 Å². The first-order valence-corrected chi connectivity index (χ1v) is 4.45. The quantitative estimate of drug-likeness (QED) is 0.474. The Morgan fingerprint density at radius 3 is 2.43 bits per heavy atom. The number of nitrogens with two attached hydrogens (primary N) is 1. The van der Waals surface area contributed by atoms with Crippen molar-refractivity contribution in [2.24, 2.45) is 0 Å². The zero-order valence-electron chi connectivity index (χ0n) is 8.66. The third kappa shape index (κ3) is 3.80. The SMILES string of the molecule is CC.CC(=O)Nc1ccc(N)c(O)c1. The van der Waals surface area contributed by atoms with E-state index in [4.69, 9.17) is 10.8 Å². The summed E-state index contributed by atoms with van der Waals surface area (Å²) in [6.07, 6.45) is 0. The number of hydrogen-bond acceptors (Lipinski definition) is 3. The molecule has 4 nitrogen and oxygen atoms in total. The van der Waals surface area contributed by atoms with E-state index in [-0.39, 0.29) is 11.7 Å². The van der Waals surface area contributed by atoms with Gasteiger partial charge in [0, 0.05) is 18.7 Å². The highest BCUT2D eigenvalue weighted by molar-refractivity contribution is 5.89. The van der Waals surface area contributed by atoms with E-state index in [0.29, 0.717) is 11.4 Å². The van der Waals surface area contributed by atoms with E-state index in [1.165, 1.54) is 19.1 Å². The Morgan fingerprint density at radius 2 is 2.00 bits per heavy atom. The molecule has 0 saturated heterocycles. The van der Waals surface area contributed by atoms with Crippen LogP contribution in [0.1, 0.15) is 20.8 Å². The summed E-state index contributed by atoms with van der Waals surface area (Å²) < 4.78 is 0. The molecule has 4 heteroatoms. The minimum atomic E-state index is -0.181. The summed E-state index contributed by atoms with van der Waals surface area (Å²) in [7, 11) is 0. The molecular formula is C10H16N2O2. The van der Waals surface area contributed by atoms with Crippen LogP contribution in [0.4, 0.5) is 11.4 Å². The van der Waals surface area contributed by atoms with Gasteiger partial charge in [-0.3, -0.25) is 4.79 Å². The second-order valence-corrected chi connectivity index (χ2v) is 2.45. The molecule has 1 aromatic carbocycles. The number of carbonyl (C=O) groups excluding carboxylic acids is 1. The average Bonchev–Trinajstić information content (AvgIpc) is 2.14. The fraction of sp³-hybridized carbons (Fsp3) is 0.300. The highest BCUT2D eigenvalue weighted by atomic mass is 16.3. The van der Waals surface area contributed by atoms with Gasteiger partial charge >= 0.3 is 0 Å². The molecule has 0 spiro atoms. The maximum Gasteiger partial charge on any atom is 0.221 e. The average molecular weight is 196 g/mol. The van der Waals surface area contributed by atoms with Crippen molar-refractivity contribution < 1.29 is 9.90 Å². The normalized spacial score (nSPS) is 8.50. The van der Waals surface area contributed by atoms with Gasteiger partial charge in [-0.25, -0.2) is 0 Å². The van der Waals surface area contributed by atoms with Crippen LogP contribution in [0.2, 0.25) is 0 Å². The zero-order chi connectivity index (χ0) is 11.1. The maximum atomic E-state index is 10.6.